The van der Waals surface area contributed by atoms with E-state index in [4.69, 9.17) is 0 Å². The molecule has 134 valence electrons. The fourth-order valence-electron chi connectivity index (χ4n) is 2.94. The smallest absolute Gasteiger partial charge is 0.273 e. The van der Waals surface area contributed by atoms with Crippen LogP contribution in [0.3, 0.4) is 0 Å². The molecule has 1 aliphatic rings. The maximum atomic E-state index is 12.3. The second kappa shape index (κ2) is 8.22. The van der Waals surface area contributed by atoms with Crippen LogP contribution in [0.4, 0.5) is 0 Å². The molecule has 1 amide bonds. The molecular weight excluding hydrogens is 316 g/mol. The summed E-state index contributed by atoms with van der Waals surface area (Å²) in [6.07, 6.45) is 1.71. The van der Waals surface area contributed by atoms with Crippen LogP contribution in [0.25, 0.3) is 0 Å². The van der Waals surface area contributed by atoms with Gasteiger partial charge in [-0.3, -0.25) is 9.69 Å². The quantitative estimate of drug-likeness (QED) is 0.844. The molecule has 0 saturated carbocycles. The predicted molar refractivity (Wildman–Crippen MR) is 96.5 cm³/mol. The average Bonchev–Trinajstić information content (AvgIpc) is 3.13. The van der Waals surface area contributed by atoms with Gasteiger partial charge in [0.05, 0.1) is 12.2 Å². The second-order valence-corrected chi connectivity index (χ2v) is 6.57. The van der Waals surface area contributed by atoms with Crippen molar-refractivity contribution in [2.45, 2.75) is 13.0 Å². The third-order valence-corrected chi connectivity index (χ3v) is 4.73. The van der Waals surface area contributed by atoms with E-state index in [-0.39, 0.29) is 11.9 Å². The number of aromatic nitrogens is 3. The molecule has 1 N–H and O–H groups in total. The molecule has 2 aromatic rings. The lowest BCUT2D eigenvalue weighted by Gasteiger charge is -2.32. The first-order valence-electron chi connectivity index (χ1n) is 8.79. The van der Waals surface area contributed by atoms with Crippen molar-refractivity contribution in [2.24, 2.45) is 0 Å². The molecule has 25 heavy (non-hydrogen) atoms. The normalized spacial score (nSPS) is 17.4. The Morgan fingerprint density at radius 1 is 1.20 bits per heavy atom. The summed E-state index contributed by atoms with van der Waals surface area (Å²) in [5.74, 6) is -0.166. The van der Waals surface area contributed by atoms with Gasteiger partial charge in [0.1, 0.15) is 0 Å². The Morgan fingerprint density at radius 2 is 1.92 bits per heavy atom. The number of nitrogens with one attached hydrogen (secondary N) is 1. The van der Waals surface area contributed by atoms with Gasteiger partial charge in [0, 0.05) is 39.3 Å². The van der Waals surface area contributed by atoms with Crippen LogP contribution >= 0.6 is 0 Å². The average molecular weight is 342 g/mol. The summed E-state index contributed by atoms with van der Waals surface area (Å²) in [5.41, 5.74) is 1.50. The van der Waals surface area contributed by atoms with E-state index in [0.29, 0.717) is 12.2 Å². The molecule has 7 heteroatoms. The predicted octanol–water partition coefficient (Wildman–Crippen LogP) is 0.865. The van der Waals surface area contributed by atoms with E-state index in [2.05, 4.69) is 32.5 Å². The van der Waals surface area contributed by atoms with Crippen LogP contribution < -0.4 is 5.32 Å². The molecule has 0 radical (unpaired) electrons. The summed E-state index contributed by atoms with van der Waals surface area (Å²) in [4.78, 5) is 16.9. The fourth-order valence-corrected chi connectivity index (χ4v) is 2.94. The number of benzene rings is 1. The van der Waals surface area contributed by atoms with Crippen LogP contribution in [0.5, 0.6) is 0 Å². The number of rotatable bonds is 6. The van der Waals surface area contributed by atoms with Crippen molar-refractivity contribution >= 4 is 5.91 Å². The molecule has 0 bridgehead atoms. The summed E-state index contributed by atoms with van der Waals surface area (Å²) < 4.78 is 1.73. The van der Waals surface area contributed by atoms with Crippen LogP contribution in [0.2, 0.25) is 0 Å². The summed E-state index contributed by atoms with van der Waals surface area (Å²) in [5, 5.41) is 11.1. The minimum absolute atomic E-state index is 0.0422. The Bertz CT molecular complexity index is 678. The monoisotopic (exact) mass is 342 g/mol. The maximum absolute atomic E-state index is 12.3. The van der Waals surface area contributed by atoms with E-state index < -0.39 is 0 Å². The van der Waals surface area contributed by atoms with Gasteiger partial charge in [-0.15, -0.1) is 5.10 Å². The van der Waals surface area contributed by atoms with Crippen molar-refractivity contribution in [1.29, 1.82) is 0 Å². The Morgan fingerprint density at radius 3 is 2.64 bits per heavy atom. The Labute approximate surface area is 148 Å². The van der Waals surface area contributed by atoms with E-state index >= 15 is 0 Å². The van der Waals surface area contributed by atoms with E-state index in [9.17, 15) is 4.79 Å². The number of carbonyl (C=O) groups excluding carboxylic acids is 1. The standard InChI is InChI=1S/C18H26N6O/c1-15(16-6-4-3-5-7-16)24-14-17(20-21-24)18(25)19-8-9-23-12-10-22(2)11-13-23/h3-7,14-15H,8-13H2,1-2H3,(H,19,25). The van der Waals surface area contributed by atoms with Gasteiger partial charge in [-0.05, 0) is 19.5 Å². The Hall–Kier alpha value is -2.25. The zero-order valence-electron chi connectivity index (χ0n) is 14.9. The van der Waals surface area contributed by atoms with Crippen molar-refractivity contribution < 1.29 is 4.79 Å². The van der Waals surface area contributed by atoms with Crippen LogP contribution in [0.15, 0.2) is 36.5 Å². The van der Waals surface area contributed by atoms with Gasteiger partial charge in [0.2, 0.25) is 0 Å². The minimum atomic E-state index is -0.166. The Balaban J connectivity index is 1.49. The number of carbonyl (C=O) groups is 1. The molecule has 1 saturated heterocycles. The lowest BCUT2D eigenvalue weighted by Crippen LogP contribution is -2.46. The van der Waals surface area contributed by atoms with Crippen LogP contribution in [-0.4, -0.2) is 77.0 Å². The molecule has 1 fully saturated rings. The van der Waals surface area contributed by atoms with Crippen molar-refractivity contribution in [3.63, 3.8) is 0 Å². The largest absolute Gasteiger partial charge is 0.349 e. The molecule has 1 aromatic carbocycles. The molecule has 1 unspecified atom stereocenters. The van der Waals surface area contributed by atoms with Crippen molar-refractivity contribution in [1.82, 2.24) is 30.1 Å². The van der Waals surface area contributed by atoms with E-state index in [1.165, 1.54) is 0 Å². The molecule has 1 atom stereocenters. The highest BCUT2D eigenvalue weighted by Gasteiger charge is 2.16. The highest BCUT2D eigenvalue weighted by molar-refractivity contribution is 5.91. The zero-order valence-corrected chi connectivity index (χ0v) is 14.9. The van der Waals surface area contributed by atoms with Crippen molar-refractivity contribution in [3.05, 3.63) is 47.8 Å². The topological polar surface area (TPSA) is 66.3 Å². The summed E-state index contributed by atoms with van der Waals surface area (Å²) in [7, 11) is 2.14. The first-order valence-corrected chi connectivity index (χ1v) is 8.79. The lowest BCUT2D eigenvalue weighted by atomic mass is 10.1. The number of amides is 1. The summed E-state index contributed by atoms with van der Waals surface area (Å²) in [6, 6.07) is 10.1. The second-order valence-electron chi connectivity index (χ2n) is 6.57. The van der Waals surface area contributed by atoms with Gasteiger partial charge in [-0.2, -0.15) is 0 Å². The van der Waals surface area contributed by atoms with E-state index in [0.717, 1.165) is 38.3 Å². The summed E-state index contributed by atoms with van der Waals surface area (Å²) >= 11 is 0. The lowest BCUT2D eigenvalue weighted by molar-refractivity contribution is 0.0936. The first kappa shape index (κ1) is 17.6. The van der Waals surface area contributed by atoms with Crippen LogP contribution in [-0.2, 0) is 0 Å². The highest BCUT2D eigenvalue weighted by Crippen LogP contribution is 2.16. The third-order valence-electron chi connectivity index (χ3n) is 4.73. The molecule has 1 aromatic heterocycles. The van der Waals surface area contributed by atoms with Gasteiger partial charge in [-0.25, -0.2) is 4.68 Å². The molecule has 0 spiro atoms. The molecule has 2 heterocycles. The zero-order chi connectivity index (χ0) is 17.6. The van der Waals surface area contributed by atoms with Gasteiger partial charge < -0.3 is 10.2 Å². The third kappa shape index (κ3) is 4.64. The van der Waals surface area contributed by atoms with Gasteiger partial charge in [0.15, 0.2) is 5.69 Å². The number of likely N-dealkylation sites (N-methyl/N-ethyl adjacent to an activating group) is 1. The maximum Gasteiger partial charge on any atom is 0.273 e. The number of piperazine rings is 1. The minimum Gasteiger partial charge on any atom is -0.349 e. The molecule has 3 rings (SSSR count). The number of nitrogens with zero attached hydrogens (tertiary/aromatic N) is 5. The van der Waals surface area contributed by atoms with E-state index in [1.54, 1.807) is 10.9 Å². The van der Waals surface area contributed by atoms with Crippen LogP contribution in [0, 0.1) is 0 Å². The van der Waals surface area contributed by atoms with Crippen molar-refractivity contribution in [3.8, 4) is 0 Å². The van der Waals surface area contributed by atoms with E-state index in [1.807, 2.05) is 37.3 Å². The van der Waals surface area contributed by atoms with Crippen LogP contribution in [0.1, 0.15) is 29.0 Å². The molecule has 7 nitrogen and oxygen atoms in total. The molecule has 1 aliphatic heterocycles. The van der Waals surface area contributed by atoms with Gasteiger partial charge in [-0.1, -0.05) is 35.5 Å². The molecule has 0 aliphatic carbocycles. The summed E-state index contributed by atoms with van der Waals surface area (Å²) in [6.45, 7) is 7.81. The fraction of sp³-hybridized carbons (Fsp3) is 0.500. The number of hydrogen-bond acceptors (Lipinski definition) is 5. The number of hydrogen-bond donors (Lipinski definition) is 1. The SMILES string of the molecule is CC(c1ccccc1)n1cc(C(=O)NCCN2CCN(C)CC2)nn1. The molecular formula is C18H26N6O. The van der Waals surface area contributed by atoms with Crippen molar-refractivity contribution in [2.75, 3.05) is 46.3 Å². The highest BCUT2D eigenvalue weighted by atomic mass is 16.2. The van der Waals surface area contributed by atoms with Gasteiger partial charge >= 0.3 is 0 Å². The van der Waals surface area contributed by atoms with Gasteiger partial charge in [0.25, 0.3) is 5.91 Å². The first-order chi connectivity index (χ1) is 12.1. The Kier molecular flexibility index (Phi) is 5.78.